The van der Waals surface area contributed by atoms with Gasteiger partial charge in [-0.3, -0.25) is 0 Å². The van der Waals surface area contributed by atoms with Crippen molar-refractivity contribution in [3.63, 3.8) is 0 Å². The molecular weight excluding hydrogens is 340 g/mol. The van der Waals surface area contributed by atoms with E-state index in [4.69, 9.17) is 9.47 Å². The van der Waals surface area contributed by atoms with Crippen molar-refractivity contribution in [1.29, 1.82) is 0 Å². The van der Waals surface area contributed by atoms with Crippen LogP contribution in [0.15, 0.2) is 42.5 Å². The molecule has 0 aliphatic heterocycles. The molecule has 1 heterocycles. The molecule has 3 rings (SSSR count). The van der Waals surface area contributed by atoms with Crippen LogP contribution in [0.2, 0.25) is 0 Å². The molecule has 0 unspecified atom stereocenters. The molecule has 140 valence electrons. The van der Waals surface area contributed by atoms with E-state index in [1.807, 2.05) is 37.3 Å². The van der Waals surface area contributed by atoms with E-state index in [0.29, 0.717) is 23.3 Å². The third-order valence-corrected chi connectivity index (χ3v) is 4.27. The fraction of sp³-hybridized carbons (Fsp3) is 0.238. The Kier molecular flexibility index (Phi) is 5.45. The maximum absolute atomic E-state index is 5.35. The van der Waals surface area contributed by atoms with Crippen molar-refractivity contribution in [3.8, 4) is 11.5 Å². The van der Waals surface area contributed by atoms with Crippen LogP contribution >= 0.6 is 0 Å². The SMILES string of the molecule is COc1ccc(Nc2cc(C)nc(Nc3ccc(C)c(C)c3)n2)cc1OC. The van der Waals surface area contributed by atoms with Crippen molar-refractivity contribution in [2.24, 2.45) is 0 Å². The van der Waals surface area contributed by atoms with Crippen LogP contribution in [0.4, 0.5) is 23.1 Å². The number of hydrogen-bond acceptors (Lipinski definition) is 6. The highest BCUT2D eigenvalue weighted by molar-refractivity contribution is 5.63. The zero-order valence-corrected chi connectivity index (χ0v) is 16.3. The second-order valence-electron chi connectivity index (χ2n) is 6.34. The average molecular weight is 364 g/mol. The second kappa shape index (κ2) is 7.95. The number of anilines is 4. The summed E-state index contributed by atoms with van der Waals surface area (Å²) >= 11 is 0. The van der Waals surface area contributed by atoms with Crippen molar-refractivity contribution in [1.82, 2.24) is 9.97 Å². The number of hydrogen-bond donors (Lipinski definition) is 2. The normalized spacial score (nSPS) is 10.4. The number of nitrogens with one attached hydrogen (secondary N) is 2. The van der Waals surface area contributed by atoms with E-state index in [1.165, 1.54) is 11.1 Å². The van der Waals surface area contributed by atoms with E-state index in [9.17, 15) is 0 Å². The lowest BCUT2D eigenvalue weighted by atomic mass is 10.1. The Morgan fingerprint density at radius 1 is 0.704 bits per heavy atom. The first kappa shape index (κ1) is 18.5. The highest BCUT2D eigenvalue weighted by Gasteiger charge is 2.08. The Labute approximate surface area is 159 Å². The predicted octanol–water partition coefficient (Wildman–Crippen LogP) is 4.91. The molecule has 0 bridgehead atoms. The maximum Gasteiger partial charge on any atom is 0.229 e. The van der Waals surface area contributed by atoms with Gasteiger partial charge in [0.25, 0.3) is 0 Å². The molecule has 0 aliphatic rings. The van der Waals surface area contributed by atoms with Crippen LogP contribution in [0, 0.1) is 20.8 Å². The van der Waals surface area contributed by atoms with Gasteiger partial charge in [-0.25, -0.2) is 4.98 Å². The summed E-state index contributed by atoms with van der Waals surface area (Å²) in [5, 5.41) is 6.56. The Morgan fingerprint density at radius 3 is 2.11 bits per heavy atom. The van der Waals surface area contributed by atoms with Gasteiger partial charge in [0, 0.05) is 29.2 Å². The fourth-order valence-corrected chi connectivity index (χ4v) is 2.70. The van der Waals surface area contributed by atoms with Crippen molar-refractivity contribution >= 4 is 23.1 Å². The van der Waals surface area contributed by atoms with Crippen LogP contribution in [-0.4, -0.2) is 24.2 Å². The molecule has 0 amide bonds. The first-order valence-corrected chi connectivity index (χ1v) is 8.67. The van der Waals surface area contributed by atoms with E-state index in [1.54, 1.807) is 14.2 Å². The third-order valence-electron chi connectivity index (χ3n) is 4.27. The van der Waals surface area contributed by atoms with Gasteiger partial charge < -0.3 is 20.1 Å². The van der Waals surface area contributed by atoms with Crippen LogP contribution < -0.4 is 20.1 Å². The van der Waals surface area contributed by atoms with Crippen LogP contribution in [-0.2, 0) is 0 Å². The Bertz CT molecular complexity index is 957. The first-order valence-electron chi connectivity index (χ1n) is 8.67. The summed E-state index contributed by atoms with van der Waals surface area (Å²) in [6, 6.07) is 13.7. The number of benzene rings is 2. The summed E-state index contributed by atoms with van der Waals surface area (Å²) in [7, 11) is 3.23. The van der Waals surface area contributed by atoms with Gasteiger partial charge in [-0.15, -0.1) is 0 Å². The quantitative estimate of drug-likeness (QED) is 0.648. The summed E-state index contributed by atoms with van der Waals surface area (Å²) in [4.78, 5) is 9.05. The van der Waals surface area contributed by atoms with E-state index in [-0.39, 0.29) is 0 Å². The Balaban J connectivity index is 1.84. The standard InChI is InChI=1S/C21H24N4O2/c1-13-6-7-16(10-14(13)2)24-21-22-15(3)11-20(25-21)23-17-8-9-18(26-4)19(12-17)27-5/h6-12H,1-5H3,(H2,22,23,24,25). The van der Waals surface area contributed by atoms with Crippen LogP contribution in [0.3, 0.4) is 0 Å². The topological polar surface area (TPSA) is 68.3 Å². The van der Waals surface area contributed by atoms with Gasteiger partial charge in [-0.05, 0) is 56.2 Å². The third kappa shape index (κ3) is 4.47. The summed E-state index contributed by atoms with van der Waals surface area (Å²) < 4.78 is 10.6. The minimum Gasteiger partial charge on any atom is -0.493 e. The van der Waals surface area contributed by atoms with Gasteiger partial charge in [0.2, 0.25) is 5.95 Å². The molecule has 0 atom stereocenters. The molecular formula is C21H24N4O2. The monoisotopic (exact) mass is 364 g/mol. The van der Waals surface area contributed by atoms with Crippen molar-refractivity contribution in [3.05, 3.63) is 59.3 Å². The van der Waals surface area contributed by atoms with E-state index in [0.717, 1.165) is 17.1 Å². The zero-order chi connectivity index (χ0) is 19.4. The summed E-state index contributed by atoms with van der Waals surface area (Å²) in [5.41, 5.74) is 5.14. The number of aryl methyl sites for hydroxylation is 3. The minimum atomic E-state index is 0.543. The molecule has 0 radical (unpaired) electrons. The fourth-order valence-electron chi connectivity index (χ4n) is 2.70. The van der Waals surface area contributed by atoms with Crippen LogP contribution in [0.1, 0.15) is 16.8 Å². The average Bonchev–Trinajstić information content (AvgIpc) is 2.64. The lowest BCUT2D eigenvalue weighted by Crippen LogP contribution is -2.03. The lowest BCUT2D eigenvalue weighted by molar-refractivity contribution is 0.355. The van der Waals surface area contributed by atoms with E-state index in [2.05, 4.69) is 46.6 Å². The zero-order valence-electron chi connectivity index (χ0n) is 16.3. The molecule has 2 aromatic carbocycles. The van der Waals surface area contributed by atoms with E-state index < -0.39 is 0 Å². The molecule has 6 nitrogen and oxygen atoms in total. The maximum atomic E-state index is 5.35. The number of aromatic nitrogens is 2. The number of ether oxygens (including phenoxy) is 2. The van der Waals surface area contributed by atoms with Gasteiger partial charge in [0.15, 0.2) is 11.5 Å². The first-order chi connectivity index (χ1) is 13.0. The van der Waals surface area contributed by atoms with Crippen LogP contribution in [0.25, 0.3) is 0 Å². The molecule has 6 heteroatoms. The molecule has 0 saturated heterocycles. The summed E-state index contributed by atoms with van der Waals surface area (Å²) in [6.07, 6.45) is 0. The smallest absolute Gasteiger partial charge is 0.229 e. The van der Waals surface area contributed by atoms with Gasteiger partial charge >= 0.3 is 0 Å². The highest BCUT2D eigenvalue weighted by Crippen LogP contribution is 2.31. The molecule has 0 fully saturated rings. The second-order valence-corrected chi connectivity index (χ2v) is 6.34. The molecule has 2 N–H and O–H groups in total. The van der Waals surface area contributed by atoms with Crippen molar-refractivity contribution in [2.75, 3.05) is 24.9 Å². The summed E-state index contributed by atoms with van der Waals surface area (Å²) in [5.74, 6) is 2.57. The minimum absolute atomic E-state index is 0.543. The predicted molar refractivity (Wildman–Crippen MR) is 109 cm³/mol. The Hall–Kier alpha value is -3.28. The van der Waals surface area contributed by atoms with Crippen molar-refractivity contribution in [2.45, 2.75) is 20.8 Å². The highest BCUT2D eigenvalue weighted by atomic mass is 16.5. The van der Waals surface area contributed by atoms with Gasteiger partial charge in [0.1, 0.15) is 5.82 Å². The van der Waals surface area contributed by atoms with Gasteiger partial charge in [-0.2, -0.15) is 4.98 Å². The molecule has 27 heavy (non-hydrogen) atoms. The number of rotatable bonds is 6. The van der Waals surface area contributed by atoms with E-state index >= 15 is 0 Å². The molecule has 0 saturated carbocycles. The largest absolute Gasteiger partial charge is 0.493 e. The van der Waals surface area contributed by atoms with Gasteiger partial charge in [0.05, 0.1) is 14.2 Å². The number of nitrogens with zero attached hydrogens (tertiary/aromatic N) is 2. The molecule has 1 aromatic heterocycles. The molecule has 3 aromatic rings. The lowest BCUT2D eigenvalue weighted by Gasteiger charge is -2.13. The Morgan fingerprint density at radius 2 is 1.41 bits per heavy atom. The van der Waals surface area contributed by atoms with Crippen molar-refractivity contribution < 1.29 is 9.47 Å². The summed E-state index contributed by atoms with van der Waals surface area (Å²) in [6.45, 7) is 6.11. The molecule has 0 aliphatic carbocycles. The van der Waals surface area contributed by atoms with Gasteiger partial charge in [-0.1, -0.05) is 6.07 Å². The molecule has 0 spiro atoms. The van der Waals surface area contributed by atoms with Crippen LogP contribution in [0.5, 0.6) is 11.5 Å². The number of methoxy groups -OCH3 is 2.